The van der Waals surface area contributed by atoms with E-state index in [-0.39, 0.29) is 0 Å². The Kier molecular flexibility index (Phi) is 5.76. The third-order valence-electron chi connectivity index (χ3n) is 3.99. The number of rotatable bonds is 7. The van der Waals surface area contributed by atoms with Crippen molar-refractivity contribution in [2.75, 3.05) is 6.61 Å². The molecule has 1 aromatic heterocycles. The van der Waals surface area contributed by atoms with Crippen LogP contribution in [-0.4, -0.2) is 17.7 Å². The van der Waals surface area contributed by atoms with Gasteiger partial charge in [0.2, 0.25) is 0 Å². The van der Waals surface area contributed by atoms with Crippen LogP contribution >= 0.6 is 0 Å². The Balaban J connectivity index is 1.70. The number of hydrogen-bond acceptors (Lipinski definition) is 6. The minimum absolute atomic E-state index is 0.312. The largest absolute Gasteiger partial charge is 0.490 e. The molecule has 140 valence electrons. The number of para-hydroxylation sites is 2. The van der Waals surface area contributed by atoms with Crippen LogP contribution in [-0.2, 0) is 6.61 Å². The molecule has 0 aliphatic heterocycles. The van der Waals surface area contributed by atoms with Gasteiger partial charge in [0, 0.05) is 0 Å². The molecule has 0 saturated heterocycles. The molecule has 3 rings (SSSR count). The monoisotopic (exact) mass is 367 g/mol. The second-order valence-electron chi connectivity index (χ2n) is 5.89. The lowest BCUT2D eigenvalue weighted by molar-refractivity contribution is 0.0728. The highest BCUT2D eigenvalue weighted by atomic mass is 16.6. The summed E-state index contributed by atoms with van der Waals surface area (Å²) in [6.07, 6.45) is 0. The third kappa shape index (κ3) is 4.47. The highest BCUT2D eigenvalue weighted by Gasteiger charge is 2.14. The molecule has 0 aliphatic rings. The van der Waals surface area contributed by atoms with E-state index >= 15 is 0 Å². The van der Waals surface area contributed by atoms with Crippen LogP contribution in [0.25, 0.3) is 0 Å². The van der Waals surface area contributed by atoms with Crippen LogP contribution in [0.15, 0.2) is 53.1 Å². The van der Waals surface area contributed by atoms with Gasteiger partial charge in [0.05, 0.1) is 23.4 Å². The predicted molar refractivity (Wildman–Crippen MR) is 99.3 cm³/mol. The van der Waals surface area contributed by atoms with Crippen molar-refractivity contribution in [2.45, 2.75) is 27.4 Å². The topological polar surface area (TPSA) is 70.8 Å². The second kappa shape index (κ2) is 8.40. The Morgan fingerprint density at radius 3 is 2.52 bits per heavy atom. The van der Waals surface area contributed by atoms with Crippen molar-refractivity contribution in [3.8, 4) is 17.2 Å². The molecule has 0 N–H and O–H groups in total. The SMILES string of the molecule is CCOc1ccccc1OC(=O)c1cccc(OCc2c(C)noc2C)c1. The lowest BCUT2D eigenvalue weighted by Crippen LogP contribution is -2.10. The summed E-state index contributed by atoms with van der Waals surface area (Å²) < 4.78 is 21.9. The molecule has 0 aliphatic carbocycles. The van der Waals surface area contributed by atoms with Gasteiger partial charge in [-0.3, -0.25) is 0 Å². The van der Waals surface area contributed by atoms with E-state index in [0.29, 0.717) is 36.0 Å². The first kappa shape index (κ1) is 18.5. The zero-order valence-corrected chi connectivity index (χ0v) is 15.5. The molecule has 0 saturated carbocycles. The number of benzene rings is 2. The Hall–Kier alpha value is -3.28. The molecule has 3 aromatic rings. The van der Waals surface area contributed by atoms with Crippen molar-refractivity contribution < 1.29 is 23.5 Å². The second-order valence-corrected chi connectivity index (χ2v) is 5.89. The van der Waals surface area contributed by atoms with E-state index in [1.54, 1.807) is 42.5 Å². The van der Waals surface area contributed by atoms with Gasteiger partial charge >= 0.3 is 5.97 Å². The first-order chi connectivity index (χ1) is 13.1. The molecular weight excluding hydrogens is 346 g/mol. The summed E-state index contributed by atoms with van der Waals surface area (Å²) in [5, 5.41) is 3.90. The van der Waals surface area contributed by atoms with Gasteiger partial charge < -0.3 is 18.7 Å². The highest BCUT2D eigenvalue weighted by Crippen LogP contribution is 2.27. The van der Waals surface area contributed by atoms with Gasteiger partial charge in [-0.1, -0.05) is 23.4 Å². The minimum Gasteiger partial charge on any atom is -0.490 e. The molecule has 0 amide bonds. The molecule has 6 heteroatoms. The summed E-state index contributed by atoms with van der Waals surface area (Å²) in [6.45, 7) is 6.37. The predicted octanol–water partition coefficient (Wildman–Crippen LogP) is 4.49. The van der Waals surface area contributed by atoms with Crippen molar-refractivity contribution in [3.05, 3.63) is 71.1 Å². The van der Waals surface area contributed by atoms with E-state index in [2.05, 4.69) is 5.16 Å². The van der Waals surface area contributed by atoms with Crippen molar-refractivity contribution in [2.24, 2.45) is 0 Å². The third-order valence-corrected chi connectivity index (χ3v) is 3.99. The van der Waals surface area contributed by atoms with Gasteiger partial charge in [-0.15, -0.1) is 0 Å². The fourth-order valence-corrected chi connectivity index (χ4v) is 2.54. The van der Waals surface area contributed by atoms with E-state index in [1.165, 1.54) is 0 Å². The molecule has 2 aromatic carbocycles. The van der Waals surface area contributed by atoms with Crippen LogP contribution in [0, 0.1) is 13.8 Å². The number of carbonyl (C=O) groups excluding carboxylic acids is 1. The quantitative estimate of drug-likeness (QED) is 0.453. The first-order valence-corrected chi connectivity index (χ1v) is 8.67. The number of carbonyl (C=O) groups is 1. The molecule has 1 heterocycles. The highest BCUT2D eigenvalue weighted by molar-refractivity contribution is 5.91. The lowest BCUT2D eigenvalue weighted by atomic mass is 10.2. The zero-order valence-electron chi connectivity index (χ0n) is 15.5. The molecule has 0 atom stereocenters. The fourth-order valence-electron chi connectivity index (χ4n) is 2.54. The molecule has 27 heavy (non-hydrogen) atoms. The van der Waals surface area contributed by atoms with Crippen molar-refractivity contribution in [3.63, 3.8) is 0 Å². The maximum atomic E-state index is 12.5. The summed E-state index contributed by atoms with van der Waals surface area (Å²) >= 11 is 0. The Morgan fingerprint density at radius 2 is 1.81 bits per heavy atom. The van der Waals surface area contributed by atoms with Crippen LogP contribution in [0.4, 0.5) is 0 Å². The lowest BCUT2D eigenvalue weighted by Gasteiger charge is -2.11. The van der Waals surface area contributed by atoms with Gasteiger partial charge in [-0.25, -0.2) is 4.79 Å². The number of hydrogen-bond donors (Lipinski definition) is 0. The fraction of sp³-hybridized carbons (Fsp3) is 0.238. The van der Waals surface area contributed by atoms with Crippen LogP contribution < -0.4 is 14.2 Å². The Morgan fingerprint density at radius 1 is 1.04 bits per heavy atom. The molecule has 6 nitrogen and oxygen atoms in total. The van der Waals surface area contributed by atoms with Gasteiger partial charge in [0.15, 0.2) is 11.5 Å². The Labute approximate surface area is 157 Å². The summed E-state index contributed by atoms with van der Waals surface area (Å²) in [6, 6.07) is 13.9. The summed E-state index contributed by atoms with van der Waals surface area (Å²) in [5.74, 6) is 1.70. The van der Waals surface area contributed by atoms with Crippen LogP contribution in [0.2, 0.25) is 0 Å². The number of aryl methyl sites for hydroxylation is 2. The smallest absolute Gasteiger partial charge is 0.343 e. The number of esters is 1. The summed E-state index contributed by atoms with van der Waals surface area (Å²) in [4.78, 5) is 12.5. The van der Waals surface area contributed by atoms with Crippen LogP contribution in [0.1, 0.15) is 34.3 Å². The number of nitrogens with zero attached hydrogens (tertiary/aromatic N) is 1. The standard InChI is InChI=1S/C21H21NO5/c1-4-24-19-10-5-6-11-20(19)26-21(23)16-8-7-9-17(12-16)25-13-18-14(2)22-27-15(18)3/h5-12H,4,13H2,1-3H3. The summed E-state index contributed by atoms with van der Waals surface area (Å²) in [7, 11) is 0. The molecule has 0 fully saturated rings. The van der Waals surface area contributed by atoms with Crippen molar-refractivity contribution >= 4 is 5.97 Å². The normalized spacial score (nSPS) is 10.5. The van der Waals surface area contributed by atoms with Gasteiger partial charge in [0.25, 0.3) is 0 Å². The number of aromatic nitrogens is 1. The molecule has 0 unspecified atom stereocenters. The van der Waals surface area contributed by atoms with E-state index in [4.69, 9.17) is 18.7 Å². The van der Waals surface area contributed by atoms with Crippen molar-refractivity contribution in [1.82, 2.24) is 5.16 Å². The maximum Gasteiger partial charge on any atom is 0.343 e. The molecular formula is C21H21NO5. The van der Waals surface area contributed by atoms with Gasteiger partial charge in [-0.05, 0) is 51.1 Å². The first-order valence-electron chi connectivity index (χ1n) is 8.67. The molecule has 0 bridgehead atoms. The minimum atomic E-state index is -0.482. The van der Waals surface area contributed by atoms with E-state index in [0.717, 1.165) is 17.0 Å². The van der Waals surface area contributed by atoms with Gasteiger partial charge in [-0.2, -0.15) is 0 Å². The number of ether oxygens (including phenoxy) is 3. The van der Waals surface area contributed by atoms with Crippen LogP contribution in [0.5, 0.6) is 17.2 Å². The average molecular weight is 367 g/mol. The zero-order chi connectivity index (χ0) is 19.2. The maximum absolute atomic E-state index is 12.5. The van der Waals surface area contributed by atoms with Crippen molar-refractivity contribution in [1.29, 1.82) is 0 Å². The van der Waals surface area contributed by atoms with E-state index in [9.17, 15) is 4.79 Å². The molecule has 0 radical (unpaired) electrons. The summed E-state index contributed by atoms with van der Waals surface area (Å²) in [5.41, 5.74) is 2.07. The molecule has 0 spiro atoms. The van der Waals surface area contributed by atoms with Gasteiger partial charge in [0.1, 0.15) is 18.1 Å². The van der Waals surface area contributed by atoms with Crippen LogP contribution in [0.3, 0.4) is 0 Å². The average Bonchev–Trinajstić information content (AvgIpc) is 3.00. The Bertz CT molecular complexity index is 912. The van der Waals surface area contributed by atoms with E-state index < -0.39 is 5.97 Å². The van der Waals surface area contributed by atoms with E-state index in [1.807, 2.05) is 26.8 Å².